The Bertz CT molecular complexity index is 928. The van der Waals surface area contributed by atoms with Gasteiger partial charge in [0.25, 0.3) is 0 Å². The molecule has 4 heterocycles. The molecule has 0 saturated carbocycles. The Morgan fingerprint density at radius 1 is 0.875 bits per heavy atom. The first-order valence-electron chi connectivity index (χ1n) is 9.79. The van der Waals surface area contributed by atoms with Gasteiger partial charge in [0.2, 0.25) is 0 Å². The van der Waals surface area contributed by atoms with Gasteiger partial charge in [-0.05, 0) is 0 Å². The molecule has 2 fully saturated rings. The zero-order valence-corrected chi connectivity index (χ0v) is 16.6. The van der Waals surface area contributed by atoms with Crippen molar-refractivity contribution in [1.29, 1.82) is 0 Å². The molecule has 15 heteroatoms. The van der Waals surface area contributed by atoms with Gasteiger partial charge in [0.1, 0.15) is 60.7 Å². The highest BCUT2D eigenvalue weighted by Gasteiger charge is 2.51. The molecule has 9 N–H and O–H groups in total. The molecule has 0 amide bonds. The van der Waals surface area contributed by atoms with E-state index in [9.17, 15) is 35.7 Å². The van der Waals surface area contributed by atoms with Gasteiger partial charge in [-0.3, -0.25) is 4.57 Å². The average Bonchev–Trinajstić information content (AvgIpc) is 3.22. The van der Waals surface area contributed by atoms with Crippen LogP contribution in [0.2, 0.25) is 0 Å². The van der Waals surface area contributed by atoms with Gasteiger partial charge in [-0.25, -0.2) is 15.0 Å². The summed E-state index contributed by atoms with van der Waals surface area (Å²) in [5.74, 6) is 0.0992. The lowest BCUT2D eigenvalue weighted by molar-refractivity contribution is -0.346. The number of hydrogen-bond donors (Lipinski definition) is 8. The summed E-state index contributed by atoms with van der Waals surface area (Å²) in [6, 6.07) is 0. The van der Waals surface area contributed by atoms with Crippen LogP contribution >= 0.6 is 0 Å². The van der Waals surface area contributed by atoms with Crippen LogP contribution in [0.5, 0.6) is 0 Å². The summed E-state index contributed by atoms with van der Waals surface area (Å²) in [6.45, 7) is -1.34. The van der Waals surface area contributed by atoms with Crippen molar-refractivity contribution in [2.45, 2.75) is 61.3 Å². The Morgan fingerprint density at radius 3 is 2.28 bits per heavy atom. The Labute approximate surface area is 180 Å². The first-order valence-corrected chi connectivity index (χ1v) is 9.79. The third-order valence-corrected chi connectivity index (χ3v) is 5.64. The Morgan fingerprint density at radius 2 is 1.59 bits per heavy atom. The summed E-state index contributed by atoms with van der Waals surface area (Å²) in [6.07, 6.45) is -12.6. The molecule has 32 heavy (non-hydrogen) atoms. The van der Waals surface area contributed by atoms with Crippen molar-refractivity contribution in [2.24, 2.45) is 0 Å². The molecule has 0 bridgehead atoms. The minimum Gasteiger partial charge on any atom is -0.394 e. The van der Waals surface area contributed by atoms with Crippen molar-refractivity contribution in [2.75, 3.05) is 18.9 Å². The maximum absolute atomic E-state index is 10.7. The van der Waals surface area contributed by atoms with Gasteiger partial charge in [0.15, 0.2) is 24.0 Å². The van der Waals surface area contributed by atoms with Crippen LogP contribution in [0.4, 0.5) is 5.82 Å². The molecule has 15 nitrogen and oxygen atoms in total. The third-order valence-electron chi connectivity index (χ3n) is 5.64. The van der Waals surface area contributed by atoms with Crippen LogP contribution in [0.25, 0.3) is 11.2 Å². The van der Waals surface area contributed by atoms with E-state index in [1.165, 1.54) is 17.2 Å². The van der Waals surface area contributed by atoms with E-state index in [2.05, 4.69) is 15.0 Å². The van der Waals surface area contributed by atoms with Gasteiger partial charge in [0.05, 0.1) is 19.5 Å². The van der Waals surface area contributed by atoms with E-state index in [1.807, 2.05) is 0 Å². The zero-order chi connectivity index (χ0) is 23.2. The van der Waals surface area contributed by atoms with Crippen LogP contribution in [-0.4, -0.2) is 124 Å². The number of aliphatic hydroxyl groups is 7. The monoisotopic (exact) mass is 459 g/mol. The molecule has 2 saturated heterocycles. The van der Waals surface area contributed by atoms with E-state index in [0.717, 1.165) is 0 Å². The van der Waals surface area contributed by atoms with E-state index >= 15 is 0 Å². The molecule has 2 aromatic rings. The molecule has 4 rings (SSSR count). The first-order chi connectivity index (χ1) is 15.3. The molecule has 0 unspecified atom stereocenters. The highest BCUT2D eigenvalue weighted by atomic mass is 16.7. The molecular formula is C17H25N5O10. The van der Waals surface area contributed by atoms with Crippen LogP contribution in [0, 0.1) is 0 Å². The molecule has 10 atom stereocenters. The summed E-state index contributed by atoms with van der Waals surface area (Å²) in [5.41, 5.74) is 6.23. The summed E-state index contributed by atoms with van der Waals surface area (Å²) < 4.78 is 17.9. The Kier molecular flexibility index (Phi) is 6.55. The second-order valence-electron chi connectivity index (χ2n) is 7.61. The number of nitrogen functional groups attached to an aromatic ring is 1. The lowest BCUT2D eigenvalue weighted by atomic mass is 9.96. The fraction of sp³-hybridized carbons (Fsp3) is 0.706. The van der Waals surface area contributed by atoms with Crippen molar-refractivity contribution >= 4 is 17.0 Å². The van der Waals surface area contributed by atoms with Gasteiger partial charge in [0, 0.05) is 0 Å². The average molecular weight is 459 g/mol. The van der Waals surface area contributed by atoms with Crippen molar-refractivity contribution in [3.8, 4) is 0 Å². The van der Waals surface area contributed by atoms with E-state index in [1.54, 1.807) is 0 Å². The van der Waals surface area contributed by atoms with Gasteiger partial charge < -0.3 is 55.7 Å². The van der Waals surface area contributed by atoms with E-state index in [4.69, 9.17) is 19.9 Å². The molecule has 2 aliphatic heterocycles. The largest absolute Gasteiger partial charge is 0.394 e. The fourth-order valence-electron chi connectivity index (χ4n) is 3.86. The van der Waals surface area contributed by atoms with Crippen LogP contribution in [0.3, 0.4) is 0 Å². The third kappa shape index (κ3) is 3.81. The molecule has 0 aromatic carbocycles. The lowest BCUT2D eigenvalue weighted by Crippen LogP contribution is -2.63. The molecule has 2 aromatic heterocycles. The van der Waals surface area contributed by atoms with E-state index in [0.29, 0.717) is 0 Å². The van der Waals surface area contributed by atoms with Crippen LogP contribution in [-0.2, 0) is 14.2 Å². The number of ether oxygens (including phenoxy) is 3. The number of imidazole rings is 1. The van der Waals surface area contributed by atoms with E-state index in [-0.39, 0.29) is 17.0 Å². The highest BCUT2D eigenvalue weighted by Crippen LogP contribution is 2.34. The van der Waals surface area contributed by atoms with Crippen molar-refractivity contribution in [3.05, 3.63) is 12.7 Å². The summed E-state index contributed by atoms with van der Waals surface area (Å²) >= 11 is 0. The maximum Gasteiger partial charge on any atom is 0.187 e. The normalized spacial score (nSPS) is 40.6. The quantitative estimate of drug-likeness (QED) is 0.209. The molecule has 2 aliphatic rings. The van der Waals surface area contributed by atoms with Crippen LogP contribution < -0.4 is 5.73 Å². The number of hydrogen-bond acceptors (Lipinski definition) is 14. The van der Waals surface area contributed by atoms with Crippen molar-refractivity contribution in [3.63, 3.8) is 0 Å². The minimum absolute atomic E-state index is 0.0992. The number of aromatic nitrogens is 4. The number of anilines is 1. The second-order valence-corrected chi connectivity index (χ2v) is 7.61. The Balaban J connectivity index is 1.57. The SMILES string of the molecule is Nc1ncnc2c1ncn2[C@@H]1O[C@@H](CO)[C@@H](O[C@H]2O[C@@H](CO)[C@@H](O)[C@@H](O)[C@H]2O)[C@@H](O)[C@@H]1O. The summed E-state index contributed by atoms with van der Waals surface area (Å²) in [5, 5.41) is 70.6. The predicted molar refractivity (Wildman–Crippen MR) is 101 cm³/mol. The minimum atomic E-state index is -1.74. The number of aliphatic hydroxyl groups excluding tert-OH is 7. The Hall–Kier alpha value is -2.05. The standard InChI is InChI=1S/C17H25N5O10/c18-14-7-15(20-3-19-14)22(4-21-7)16-11(28)10(27)13(6(2-24)30-16)32-17-12(29)9(26)8(25)5(1-23)31-17/h3-6,8-13,16-17,23-29H,1-2H2,(H2,18,19,20)/t5-,6-,8+,9+,10-,11-,12+,13+,16+,17+/m0/s1. The van der Waals surface area contributed by atoms with Crippen molar-refractivity contribution in [1.82, 2.24) is 19.5 Å². The van der Waals surface area contributed by atoms with Crippen molar-refractivity contribution < 1.29 is 50.0 Å². The summed E-state index contributed by atoms with van der Waals surface area (Å²) in [4.78, 5) is 12.0. The molecule has 0 aliphatic carbocycles. The molecule has 178 valence electrons. The first kappa shape index (κ1) is 23.1. The highest BCUT2D eigenvalue weighted by molar-refractivity contribution is 5.81. The molecule has 0 spiro atoms. The number of rotatable bonds is 5. The zero-order valence-electron chi connectivity index (χ0n) is 16.6. The second kappa shape index (κ2) is 9.06. The molecular weight excluding hydrogens is 434 g/mol. The number of nitrogens with two attached hydrogens (primary N) is 1. The fourth-order valence-corrected chi connectivity index (χ4v) is 3.86. The number of fused-ring (bicyclic) bond motifs is 1. The van der Waals surface area contributed by atoms with Gasteiger partial charge in [-0.15, -0.1) is 0 Å². The van der Waals surface area contributed by atoms with Gasteiger partial charge in [-0.2, -0.15) is 0 Å². The smallest absolute Gasteiger partial charge is 0.187 e. The van der Waals surface area contributed by atoms with Crippen LogP contribution in [0.1, 0.15) is 6.23 Å². The predicted octanol–water partition coefficient (Wildman–Crippen LogP) is -4.79. The summed E-state index contributed by atoms with van der Waals surface area (Å²) in [7, 11) is 0. The maximum atomic E-state index is 10.7. The van der Waals surface area contributed by atoms with Gasteiger partial charge >= 0.3 is 0 Å². The van der Waals surface area contributed by atoms with Gasteiger partial charge in [-0.1, -0.05) is 0 Å². The topological polar surface area (TPSA) is 239 Å². The van der Waals surface area contributed by atoms with Crippen LogP contribution in [0.15, 0.2) is 12.7 Å². The lowest BCUT2D eigenvalue weighted by Gasteiger charge is -2.46. The molecule has 0 radical (unpaired) electrons. The van der Waals surface area contributed by atoms with E-state index < -0.39 is 74.6 Å². The number of nitrogens with zero attached hydrogens (tertiary/aromatic N) is 4.